The van der Waals surface area contributed by atoms with E-state index in [-0.39, 0.29) is 16.7 Å². The van der Waals surface area contributed by atoms with Gasteiger partial charge in [-0.3, -0.25) is 0 Å². The summed E-state index contributed by atoms with van der Waals surface area (Å²) in [6.45, 7) is 0. The van der Waals surface area contributed by atoms with Crippen LogP contribution in [-0.4, -0.2) is 19.9 Å². The van der Waals surface area contributed by atoms with Gasteiger partial charge in [-0.1, -0.05) is 11.6 Å². The van der Waals surface area contributed by atoms with Gasteiger partial charge in [-0.25, -0.2) is 9.67 Å². The van der Waals surface area contributed by atoms with Gasteiger partial charge in [0.1, 0.15) is 0 Å². The zero-order chi connectivity index (χ0) is 12.6. The van der Waals surface area contributed by atoms with Gasteiger partial charge in [-0.05, 0) is 6.07 Å². The minimum atomic E-state index is -4.50. The van der Waals surface area contributed by atoms with E-state index in [9.17, 15) is 13.2 Å². The fraction of sp³-hybridized carbons (Fsp3) is 0.111. The Labute approximate surface area is 98.3 Å². The van der Waals surface area contributed by atoms with Crippen LogP contribution in [0.3, 0.4) is 0 Å². The first kappa shape index (κ1) is 11.7. The molecule has 2 rings (SSSR count). The number of nitrogens with zero attached hydrogens (tertiary/aromatic N) is 3. The molecule has 0 spiro atoms. The number of aromatic nitrogens is 3. The fourth-order valence-corrected chi connectivity index (χ4v) is 1.44. The molecule has 0 bridgehead atoms. The maximum Gasteiger partial charge on any atom is 0.417 e. The molecule has 2 aromatic heterocycles. The lowest BCUT2D eigenvalue weighted by Crippen LogP contribution is -2.07. The van der Waals surface area contributed by atoms with E-state index in [2.05, 4.69) is 10.1 Å². The van der Waals surface area contributed by atoms with Gasteiger partial charge in [0.2, 0.25) is 5.88 Å². The highest BCUT2D eigenvalue weighted by Crippen LogP contribution is 2.31. The lowest BCUT2D eigenvalue weighted by atomic mass is 10.3. The first-order valence-electron chi connectivity index (χ1n) is 4.35. The summed E-state index contributed by atoms with van der Waals surface area (Å²) in [7, 11) is 0. The second kappa shape index (κ2) is 3.92. The summed E-state index contributed by atoms with van der Waals surface area (Å²) < 4.78 is 38.1. The molecule has 0 atom stereocenters. The molecule has 2 heterocycles. The van der Waals surface area contributed by atoms with E-state index in [0.29, 0.717) is 6.20 Å². The van der Waals surface area contributed by atoms with Gasteiger partial charge in [0.15, 0.2) is 5.82 Å². The van der Waals surface area contributed by atoms with Crippen molar-refractivity contribution in [3.8, 4) is 11.7 Å². The van der Waals surface area contributed by atoms with Crippen molar-refractivity contribution in [1.82, 2.24) is 14.8 Å². The number of aromatic hydroxyl groups is 1. The van der Waals surface area contributed by atoms with Crippen molar-refractivity contribution < 1.29 is 18.3 Å². The van der Waals surface area contributed by atoms with Crippen molar-refractivity contribution in [2.45, 2.75) is 6.18 Å². The number of pyridine rings is 1. The highest BCUT2D eigenvalue weighted by atomic mass is 35.5. The lowest BCUT2D eigenvalue weighted by molar-refractivity contribution is -0.137. The first-order chi connectivity index (χ1) is 7.88. The topological polar surface area (TPSA) is 50.9 Å². The standard InChI is InChI=1S/C9H5ClF3N3O/c10-6-3-5(9(11,12)13)4-14-8(6)16-2-1-7(17)15-16/h1-4H,(H,15,17). The Hall–Kier alpha value is -1.76. The molecular weight excluding hydrogens is 259 g/mol. The highest BCUT2D eigenvalue weighted by molar-refractivity contribution is 6.32. The Morgan fingerprint density at radius 2 is 2.06 bits per heavy atom. The normalized spacial score (nSPS) is 11.8. The number of rotatable bonds is 1. The molecular formula is C9H5ClF3N3O. The number of hydrogen-bond acceptors (Lipinski definition) is 3. The summed E-state index contributed by atoms with van der Waals surface area (Å²) in [5.41, 5.74) is -0.942. The summed E-state index contributed by atoms with van der Waals surface area (Å²) >= 11 is 5.67. The third-order valence-corrected chi connectivity index (χ3v) is 2.22. The quantitative estimate of drug-likeness (QED) is 0.860. The molecule has 0 fully saturated rings. The summed E-state index contributed by atoms with van der Waals surface area (Å²) in [5, 5.41) is 12.4. The molecule has 90 valence electrons. The molecule has 0 aromatic carbocycles. The largest absolute Gasteiger partial charge is 0.492 e. The molecule has 0 saturated heterocycles. The molecule has 0 radical (unpaired) electrons. The van der Waals surface area contributed by atoms with Crippen LogP contribution in [0.2, 0.25) is 5.02 Å². The molecule has 0 amide bonds. The van der Waals surface area contributed by atoms with Gasteiger partial charge in [0.05, 0.1) is 10.6 Å². The first-order valence-corrected chi connectivity index (χ1v) is 4.73. The van der Waals surface area contributed by atoms with Crippen LogP contribution >= 0.6 is 11.6 Å². The highest BCUT2D eigenvalue weighted by Gasteiger charge is 2.31. The van der Waals surface area contributed by atoms with E-state index in [4.69, 9.17) is 16.7 Å². The zero-order valence-corrected chi connectivity index (χ0v) is 8.87. The number of halogens is 4. The van der Waals surface area contributed by atoms with Crippen molar-refractivity contribution in [2.24, 2.45) is 0 Å². The average molecular weight is 264 g/mol. The van der Waals surface area contributed by atoms with E-state index in [1.54, 1.807) is 0 Å². The zero-order valence-electron chi connectivity index (χ0n) is 8.11. The Bertz CT molecular complexity index is 553. The predicted octanol–water partition coefficient (Wildman–Crippen LogP) is 2.65. The Balaban J connectivity index is 2.45. The summed E-state index contributed by atoms with van der Waals surface area (Å²) in [6.07, 6.45) is -2.52. The van der Waals surface area contributed by atoms with Gasteiger partial charge < -0.3 is 5.11 Å². The molecule has 0 aliphatic heterocycles. The van der Waals surface area contributed by atoms with Crippen LogP contribution in [0, 0.1) is 0 Å². The molecule has 2 aromatic rings. The third-order valence-electron chi connectivity index (χ3n) is 1.94. The molecule has 17 heavy (non-hydrogen) atoms. The van der Waals surface area contributed by atoms with Crippen molar-refractivity contribution in [3.63, 3.8) is 0 Å². The fourth-order valence-electron chi connectivity index (χ4n) is 1.19. The van der Waals surface area contributed by atoms with Gasteiger partial charge in [0.25, 0.3) is 0 Å². The minimum absolute atomic E-state index is 0.0139. The van der Waals surface area contributed by atoms with Crippen LogP contribution in [0.4, 0.5) is 13.2 Å². The van der Waals surface area contributed by atoms with Crippen molar-refractivity contribution in [1.29, 1.82) is 0 Å². The summed E-state index contributed by atoms with van der Waals surface area (Å²) in [6, 6.07) is 2.01. The smallest absolute Gasteiger partial charge is 0.417 e. The third kappa shape index (κ3) is 2.33. The molecule has 8 heteroatoms. The summed E-state index contributed by atoms with van der Waals surface area (Å²) in [4.78, 5) is 3.57. The van der Waals surface area contributed by atoms with Crippen LogP contribution in [-0.2, 0) is 6.18 Å². The lowest BCUT2D eigenvalue weighted by Gasteiger charge is -2.08. The summed E-state index contributed by atoms with van der Waals surface area (Å²) in [5.74, 6) is -0.261. The molecule has 1 N–H and O–H groups in total. The molecule has 0 unspecified atom stereocenters. The monoisotopic (exact) mass is 263 g/mol. The van der Waals surface area contributed by atoms with Crippen molar-refractivity contribution >= 4 is 11.6 Å². The van der Waals surface area contributed by atoms with Gasteiger partial charge in [-0.15, -0.1) is 5.10 Å². The maximum atomic E-state index is 12.3. The van der Waals surface area contributed by atoms with Gasteiger partial charge in [-0.2, -0.15) is 13.2 Å². The van der Waals surface area contributed by atoms with E-state index >= 15 is 0 Å². The van der Waals surface area contributed by atoms with Crippen LogP contribution in [0.5, 0.6) is 5.88 Å². The number of hydrogen-bond donors (Lipinski definition) is 1. The van der Waals surface area contributed by atoms with Crippen molar-refractivity contribution in [2.75, 3.05) is 0 Å². The second-order valence-corrected chi connectivity index (χ2v) is 3.55. The van der Waals surface area contributed by atoms with E-state index in [0.717, 1.165) is 10.7 Å². The number of alkyl halides is 3. The molecule has 0 aliphatic carbocycles. The van der Waals surface area contributed by atoms with E-state index in [1.807, 2.05) is 0 Å². The van der Waals surface area contributed by atoms with Crippen LogP contribution in [0.1, 0.15) is 5.56 Å². The van der Waals surface area contributed by atoms with Crippen LogP contribution < -0.4 is 0 Å². The molecule has 0 aliphatic rings. The van der Waals surface area contributed by atoms with Crippen LogP contribution in [0.15, 0.2) is 24.5 Å². The Kier molecular flexibility index (Phi) is 2.70. The molecule has 4 nitrogen and oxygen atoms in total. The average Bonchev–Trinajstić information content (AvgIpc) is 2.63. The maximum absolute atomic E-state index is 12.3. The Morgan fingerprint density at radius 3 is 2.53 bits per heavy atom. The van der Waals surface area contributed by atoms with Gasteiger partial charge in [0, 0.05) is 18.5 Å². The van der Waals surface area contributed by atoms with E-state index in [1.165, 1.54) is 12.3 Å². The van der Waals surface area contributed by atoms with Crippen LogP contribution in [0.25, 0.3) is 5.82 Å². The van der Waals surface area contributed by atoms with Gasteiger partial charge >= 0.3 is 6.18 Å². The predicted molar refractivity (Wildman–Crippen MR) is 53.0 cm³/mol. The van der Waals surface area contributed by atoms with E-state index < -0.39 is 11.7 Å². The minimum Gasteiger partial charge on any atom is -0.492 e. The Morgan fingerprint density at radius 1 is 1.35 bits per heavy atom. The molecule has 0 saturated carbocycles. The SMILES string of the molecule is Oc1ccn(-c2ncc(C(F)(F)F)cc2Cl)n1. The van der Waals surface area contributed by atoms with Crippen molar-refractivity contribution in [3.05, 3.63) is 35.1 Å². The second-order valence-electron chi connectivity index (χ2n) is 3.15.